The average molecular weight is 338 g/mol. The smallest absolute Gasteiger partial charge is 0.224 e. The summed E-state index contributed by atoms with van der Waals surface area (Å²) >= 11 is 0. The van der Waals surface area contributed by atoms with E-state index >= 15 is 0 Å². The van der Waals surface area contributed by atoms with Crippen LogP contribution < -0.4 is 5.73 Å². The lowest BCUT2D eigenvalue weighted by Crippen LogP contribution is -2.57. The zero-order valence-electron chi connectivity index (χ0n) is 14.6. The summed E-state index contributed by atoms with van der Waals surface area (Å²) in [6.07, 6.45) is 0.379. The van der Waals surface area contributed by atoms with Gasteiger partial charge in [0.05, 0.1) is 31.9 Å². The number of morpholine rings is 1. The van der Waals surface area contributed by atoms with E-state index in [0.29, 0.717) is 32.7 Å². The second kappa shape index (κ2) is 7.76. The first-order valence-electron chi connectivity index (χ1n) is 8.05. The molecular formula is C16H26N4O4. The Hall–Kier alpha value is -1.93. The minimum absolute atomic E-state index is 0.0100. The van der Waals surface area contributed by atoms with Crippen LogP contribution in [0.4, 0.5) is 0 Å². The predicted octanol–water partition coefficient (Wildman–Crippen LogP) is 0.00944. The van der Waals surface area contributed by atoms with Crippen LogP contribution in [0.25, 0.3) is 0 Å². The van der Waals surface area contributed by atoms with Crippen molar-refractivity contribution in [2.45, 2.75) is 38.8 Å². The Balaban J connectivity index is 1.98. The zero-order chi connectivity index (χ0) is 17.7. The molecule has 0 spiro atoms. The van der Waals surface area contributed by atoms with Gasteiger partial charge in [0.25, 0.3) is 0 Å². The van der Waals surface area contributed by atoms with Crippen molar-refractivity contribution in [3.05, 3.63) is 17.5 Å². The number of carbonyl (C=O) groups excluding carboxylic acids is 2. The number of hydrogen-bond donors (Lipinski definition) is 1. The van der Waals surface area contributed by atoms with Crippen LogP contribution in [0.3, 0.4) is 0 Å². The largest absolute Gasteiger partial charge is 0.382 e. The summed E-state index contributed by atoms with van der Waals surface area (Å²) in [4.78, 5) is 25.6. The molecule has 0 unspecified atom stereocenters. The highest BCUT2D eigenvalue weighted by molar-refractivity contribution is 5.77. The fourth-order valence-corrected chi connectivity index (χ4v) is 3.14. The summed E-state index contributed by atoms with van der Waals surface area (Å²) in [6.45, 7) is 5.81. The first-order valence-corrected chi connectivity index (χ1v) is 8.05. The van der Waals surface area contributed by atoms with Crippen molar-refractivity contribution in [2.75, 3.05) is 33.4 Å². The second-order valence-electron chi connectivity index (χ2n) is 6.32. The molecule has 2 rings (SSSR count). The van der Waals surface area contributed by atoms with Crippen LogP contribution >= 0.6 is 0 Å². The monoisotopic (exact) mass is 338 g/mol. The van der Waals surface area contributed by atoms with Crippen LogP contribution in [0.15, 0.2) is 6.07 Å². The molecule has 1 fully saturated rings. The van der Waals surface area contributed by atoms with Gasteiger partial charge >= 0.3 is 0 Å². The molecule has 1 saturated heterocycles. The summed E-state index contributed by atoms with van der Waals surface area (Å²) in [6, 6.07) is 1.98. The first-order chi connectivity index (χ1) is 11.3. The summed E-state index contributed by atoms with van der Waals surface area (Å²) in [5.41, 5.74) is 6.44. The Bertz CT molecular complexity index is 597. The molecular weight excluding hydrogens is 312 g/mol. The third-order valence-corrected chi connectivity index (χ3v) is 4.15. The van der Waals surface area contributed by atoms with E-state index < -0.39 is 11.5 Å². The Morgan fingerprint density at radius 3 is 2.79 bits per heavy atom. The number of carbonyl (C=O) groups is 2. The normalized spacial score (nSPS) is 21.0. The van der Waals surface area contributed by atoms with Crippen molar-refractivity contribution < 1.29 is 19.1 Å². The summed E-state index contributed by atoms with van der Waals surface area (Å²) < 4.78 is 12.8. The van der Waals surface area contributed by atoms with Crippen LogP contribution in [-0.4, -0.2) is 65.5 Å². The topological polar surface area (TPSA) is 99.7 Å². The molecule has 1 aromatic heterocycles. The van der Waals surface area contributed by atoms with Gasteiger partial charge in [-0.1, -0.05) is 0 Å². The highest BCUT2D eigenvalue weighted by Crippen LogP contribution is 2.23. The quantitative estimate of drug-likeness (QED) is 0.755. The van der Waals surface area contributed by atoms with Gasteiger partial charge in [0.1, 0.15) is 5.60 Å². The van der Waals surface area contributed by atoms with E-state index in [4.69, 9.17) is 15.2 Å². The maximum absolute atomic E-state index is 12.5. The molecule has 0 aromatic carbocycles. The molecule has 1 aliphatic heterocycles. The van der Waals surface area contributed by atoms with Crippen molar-refractivity contribution in [1.82, 2.24) is 14.7 Å². The fraction of sp³-hybridized carbons (Fsp3) is 0.688. The van der Waals surface area contributed by atoms with Gasteiger partial charge < -0.3 is 20.1 Å². The van der Waals surface area contributed by atoms with E-state index in [2.05, 4.69) is 5.10 Å². The number of amides is 2. The first kappa shape index (κ1) is 18.4. The van der Waals surface area contributed by atoms with Crippen LogP contribution in [0, 0.1) is 13.8 Å². The number of aromatic nitrogens is 2. The van der Waals surface area contributed by atoms with Gasteiger partial charge in [-0.15, -0.1) is 0 Å². The lowest BCUT2D eigenvalue weighted by Gasteiger charge is -2.41. The number of aryl methyl sites for hydroxylation is 3. The highest BCUT2D eigenvalue weighted by Gasteiger charge is 2.39. The maximum atomic E-state index is 12.5. The van der Waals surface area contributed by atoms with Gasteiger partial charge in [-0.2, -0.15) is 5.10 Å². The van der Waals surface area contributed by atoms with E-state index in [0.717, 1.165) is 11.4 Å². The SMILES string of the molecule is COC[C@@]1(CC(N)=O)CN(C(=O)CCn2nc(C)cc2C)CCO1. The standard InChI is InChI=1S/C16H26N4O4/c1-12-8-13(2)20(18-12)5-4-15(22)19-6-7-24-16(10-19,11-23-3)9-14(17)21/h8H,4-7,9-11H2,1-3H3,(H2,17,21)/t16-/m1/s1. The van der Waals surface area contributed by atoms with Crippen molar-refractivity contribution in [1.29, 1.82) is 0 Å². The molecule has 0 bridgehead atoms. The van der Waals surface area contributed by atoms with Crippen LogP contribution in [0.5, 0.6) is 0 Å². The van der Waals surface area contributed by atoms with Crippen LogP contribution in [0.1, 0.15) is 24.2 Å². The van der Waals surface area contributed by atoms with E-state index in [9.17, 15) is 9.59 Å². The number of nitrogens with zero attached hydrogens (tertiary/aromatic N) is 3. The van der Waals surface area contributed by atoms with E-state index in [1.807, 2.05) is 24.6 Å². The van der Waals surface area contributed by atoms with Crippen LogP contribution in [0.2, 0.25) is 0 Å². The molecule has 0 radical (unpaired) electrons. The number of nitrogens with two attached hydrogens (primary N) is 1. The second-order valence-corrected chi connectivity index (χ2v) is 6.32. The number of ether oxygens (including phenoxy) is 2. The van der Waals surface area contributed by atoms with Crippen LogP contribution in [-0.2, 0) is 25.6 Å². The highest BCUT2D eigenvalue weighted by atomic mass is 16.5. The minimum Gasteiger partial charge on any atom is -0.382 e. The molecule has 134 valence electrons. The number of primary amides is 1. The number of rotatable bonds is 7. The average Bonchev–Trinajstić information content (AvgIpc) is 2.82. The Morgan fingerprint density at radius 1 is 1.46 bits per heavy atom. The van der Waals surface area contributed by atoms with E-state index in [1.54, 1.807) is 4.90 Å². The molecule has 1 aromatic rings. The molecule has 1 atom stereocenters. The Morgan fingerprint density at radius 2 is 2.21 bits per heavy atom. The predicted molar refractivity (Wildman–Crippen MR) is 87.3 cm³/mol. The molecule has 24 heavy (non-hydrogen) atoms. The fourth-order valence-electron chi connectivity index (χ4n) is 3.14. The maximum Gasteiger partial charge on any atom is 0.224 e. The van der Waals surface area contributed by atoms with Crippen molar-refractivity contribution in [3.63, 3.8) is 0 Å². The van der Waals surface area contributed by atoms with Crippen molar-refractivity contribution in [3.8, 4) is 0 Å². The lowest BCUT2D eigenvalue weighted by molar-refractivity contribution is -0.166. The van der Waals surface area contributed by atoms with Gasteiger partial charge in [0, 0.05) is 32.3 Å². The molecule has 8 heteroatoms. The number of hydrogen-bond acceptors (Lipinski definition) is 5. The third-order valence-electron chi connectivity index (χ3n) is 4.15. The molecule has 8 nitrogen and oxygen atoms in total. The van der Waals surface area contributed by atoms with E-state index in [1.165, 1.54) is 7.11 Å². The van der Waals surface area contributed by atoms with E-state index in [-0.39, 0.29) is 18.9 Å². The van der Waals surface area contributed by atoms with Gasteiger partial charge in [-0.3, -0.25) is 14.3 Å². The molecule has 1 aliphatic rings. The number of methoxy groups -OCH3 is 1. The van der Waals surface area contributed by atoms with Gasteiger partial charge in [0.2, 0.25) is 11.8 Å². The van der Waals surface area contributed by atoms with Gasteiger partial charge in [-0.05, 0) is 19.9 Å². The third kappa shape index (κ3) is 4.55. The summed E-state index contributed by atoms with van der Waals surface area (Å²) in [7, 11) is 1.54. The Kier molecular flexibility index (Phi) is 5.95. The molecule has 2 N–H and O–H groups in total. The van der Waals surface area contributed by atoms with Gasteiger partial charge in [0.15, 0.2) is 0 Å². The van der Waals surface area contributed by atoms with Crippen molar-refractivity contribution in [2.24, 2.45) is 5.73 Å². The minimum atomic E-state index is -0.854. The van der Waals surface area contributed by atoms with Crippen molar-refractivity contribution >= 4 is 11.8 Å². The molecule has 2 amide bonds. The molecule has 0 saturated carbocycles. The zero-order valence-corrected chi connectivity index (χ0v) is 14.6. The molecule has 0 aliphatic carbocycles. The summed E-state index contributed by atoms with van der Waals surface area (Å²) in [5.74, 6) is -0.459. The summed E-state index contributed by atoms with van der Waals surface area (Å²) in [5, 5.41) is 4.36. The Labute approximate surface area is 141 Å². The van der Waals surface area contributed by atoms with Gasteiger partial charge in [-0.25, -0.2) is 0 Å². The lowest BCUT2D eigenvalue weighted by atomic mass is 9.97. The molecule has 2 heterocycles.